The van der Waals surface area contributed by atoms with E-state index in [0.29, 0.717) is 5.57 Å². The molecule has 0 spiro atoms. The van der Waals surface area contributed by atoms with Crippen molar-refractivity contribution in [3.8, 4) is 0 Å². The molecule has 0 aliphatic carbocycles. The fraction of sp³-hybridized carbons (Fsp3) is 0.167. The molecular weight excluding hydrogens is 238 g/mol. The van der Waals surface area contributed by atoms with Crippen LogP contribution < -0.4 is 5.32 Å². The van der Waals surface area contributed by atoms with Gasteiger partial charge in [0.15, 0.2) is 0 Å². The van der Waals surface area contributed by atoms with E-state index in [0.717, 1.165) is 5.56 Å². The second kappa shape index (κ2) is 6.75. The van der Waals surface area contributed by atoms with Gasteiger partial charge >= 0.3 is 5.97 Å². The topological polar surface area (TPSA) is 66.4 Å². The van der Waals surface area contributed by atoms with Gasteiger partial charge in [0.25, 0.3) is 0 Å². The molecule has 1 aromatic rings. The number of amides is 1. The molecule has 17 heavy (non-hydrogen) atoms. The molecule has 4 nitrogen and oxygen atoms in total. The number of rotatable bonds is 5. The quantitative estimate of drug-likeness (QED) is 0.544. The normalized spacial score (nSPS) is 11.0. The third-order valence-electron chi connectivity index (χ3n) is 2.00. The predicted molar refractivity (Wildman–Crippen MR) is 68.9 cm³/mol. The Kier molecular flexibility index (Phi) is 5.29. The number of aliphatic carboxylic acids is 1. The zero-order valence-electron chi connectivity index (χ0n) is 9.09. The molecule has 0 bridgehead atoms. The molecule has 0 atom stereocenters. The maximum Gasteiger partial charge on any atom is 0.322 e. The predicted octanol–water partition coefficient (Wildman–Crippen LogP) is 1.20. The van der Waals surface area contributed by atoms with E-state index in [2.05, 4.69) is 17.9 Å². The molecule has 0 radical (unpaired) electrons. The van der Waals surface area contributed by atoms with Crippen molar-refractivity contribution in [1.29, 1.82) is 0 Å². The van der Waals surface area contributed by atoms with Crippen LogP contribution in [0, 0.1) is 0 Å². The van der Waals surface area contributed by atoms with Gasteiger partial charge in [-0.05, 0) is 11.6 Å². The van der Waals surface area contributed by atoms with Gasteiger partial charge in [0.05, 0.1) is 0 Å². The summed E-state index contributed by atoms with van der Waals surface area (Å²) in [5.41, 5.74) is 1.31. The molecule has 1 aromatic carbocycles. The van der Waals surface area contributed by atoms with Crippen LogP contribution in [0.4, 0.5) is 0 Å². The first kappa shape index (κ1) is 13.3. The molecule has 2 N–H and O–H groups in total. The van der Waals surface area contributed by atoms with Gasteiger partial charge < -0.3 is 10.4 Å². The zero-order valence-corrected chi connectivity index (χ0v) is 9.98. The van der Waals surface area contributed by atoms with Gasteiger partial charge in [0, 0.05) is 11.3 Å². The molecule has 5 heteroatoms. The van der Waals surface area contributed by atoms with Crippen LogP contribution in [0.15, 0.2) is 35.9 Å². The van der Waals surface area contributed by atoms with E-state index in [4.69, 9.17) is 5.11 Å². The van der Waals surface area contributed by atoms with Crippen LogP contribution >= 0.6 is 12.6 Å². The highest BCUT2D eigenvalue weighted by Gasteiger charge is 2.08. The van der Waals surface area contributed by atoms with Gasteiger partial charge in [-0.1, -0.05) is 30.3 Å². The summed E-state index contributed by atoms with van der Waals surface area (Å²) < 4.78 is 0. The highest BCUT2D eigenvalue weighted by Crippen LogP contribution is 2.07. The lowest BCUT2D eigenvalue weighted by Gasteiger charge is -2.04. The lowest BCUT2D eigenvalue weighted by Crippen LogP contribution is -2.30. The molecule has 0 fully saturated rings. The van der Waals surface area contributed by atoms with E-state index < -0.39 is 18.4 Å². The number of carboxylic acid groups (broad SMARTS) is 1. The molecule has 1 rings (SSSR count). The van der Waals surface area contributed by atoms with Gasteiger partial charge in [0.1, 0.15) is 6.54 Å². The second-order valence-corrected chi connectivity index (χ2v) is 3.63. The Bertz CT molecular complexity index is 429. The van der Waals surface area contributed by atoms with Crippen molar-refractivity contribution in [1.82, 2.24) is 5.32 Å². The second-order valence-electron chi connectivity index (χ2n) is 3.31. The summed E-state index contributed by atoms with van der Waals surface area (Å²) in [5, 5.41) is 10.8. The summed E-state index contributed by atoms with van der Waals surface area (Å²) in [4.78, 5) is 21.9. The van der Waals surface area contributed by atoms with E-state index in [1.807, 2.05) is 30.3 Å². The largest absolute Gasteiger partial charge is 0.480 e. The maximum atomic E-state index is 11.6. The zero-order chi connectivity index (χ0) is 12.7. The molecule has 0 aromatic heterocycles. The van der Waals surface area contributed by atoms with E-state index in [1.54, 1.807) is 6.08 Å². The number of carbonyl (C=O) groups is 2. The summed E-state index contributed by atoms with van der Waals surface area (Å²) in [6.07, 6.45) is 1.68. The lowest BCUT2D eigenvalue weighted by molar-refractivity contribution is -0.137. The van der Waals surface area contributed by atoms with Crippen molar-refractivity contribution in [3.63, 3.8) is 0 Å². The number of benzene rings is 1. The summed E-state index contributed by atoms with van der Waals surface area (Å²) in [5.74, 6) is -1.23. The standard InChI is InChI=1S/C12H13NO3S/c14-11(15)7-13-12(16)10(8-17)6-9-4-2-1-3-5-9/h1-6,17H,7-8H2,(H,13,16)(H,14,15)/b10-6+. The fourth-order valence-corrected chi connectivity index (χ4v) is 1.44. The highest BCUT2D eigenvalue weighted by molar-refractivity contribution is 7.80. The third kappa shape index (κ3) is 4.74. The minimum absolute atomic E-state index is 0.250. The number of carboxylic acids is 1. The third-order valence-corrected chi connectivity index (χ3v) is 2.34. The van der Waals surface area contributed by atoms with Gasteiger partial charge in [-0.2, -0.15) is 12.6 Å². The van der Waals surface area contributed by atoms with Crippen LogP contribution in [-0.2, 0) is 9.59 Å². The molecule has 0 aliphatic heterocycles. The molecule has 0 saturated carbocycles. The van der Waals surface area contributed by atoms with Crippen LogP contribution in [0.2, 0.25) is 0 Å². The van der Waals surface area contributed by atoms with Crippen LogP contribution in [-0.4, -0.2) is 29.3 Å². The van der Waals surface area contributed by atoms with Gasteiger partial charge in [0.2, 0.25) is 5.91 Å². The van der Waals surface area contributed by atoms with E-state index in [-0.39, 0.29) is 5.75 Å². The summed E-state index contributed by atoms with van der Waals surface area (Å²) in [7, 11) is 0. The summed E-state index contributed by atoms with van der Waals surface area (Å²) in [6.45, 7) is -0.390. The van der Waals surface area contributed by atoms with Crippen LogP contribution in [0.1, 0.15) is 5.56 Å². The minimum atomic E-state index is -1.07. The molecule has 0 saturated heterocycles. The average molecular weight is 251 g/mol. The van der Waals surface area contributed by atoms with Crippen molar-refractivity contribution < 1.29 is 14.7 Å². The smallest absolute Gasteiger partial charge is 0.322 e. The van der Waals surface area contributed by atoms with Crippen molar-refractivity contribution in [3.05, 3.63) is 41.5 Å². The Morgan fingerprint density at radius 2 is 1.94 bits per heavy atom. The van der Waals surface area contributed by atoms with Gasteiger partial charge in [-0.15, -0.1) is 0 Å². The summed E-state index contributed by atoms with van der Waals surface area (Å²) in [6, 6.07) is 9.30. The Hall–Kier alpha value is -1.75. The highest BCUT2D eigenvalue weighted by atomic mass is 32.1. The Balaban J connectivity index is 2.74. The maximum absolute atomic E-state index is 11.6. The van der Waals surface area contributed by atoms with Gasteiger partial charge in [-0.3, -0.25) is 9.59 Å². The molecule has 0 unspecified atom stereocenters. The van der Waals surface area contributed by atoms with Crippen LogP contribution in [0.3, 0.4) is 0 Å². The number of nitrogens with one attached hydrogen (secondary N) is 1. The van der Waals surface area contributed by atoms with Crippen molar-refractivity contribution >= 4 is 30.6 Å². The first-order valence-electron chi connectivity index (χ1n) is 5.00. The average Bonchev–Trinajstić information content (AvgIpc) is 2.34. The van der Waals surface area contributed by atoms with E-state index >= 15 is 0 Å². The van der Waals surface area contributed by atoms with Crippen molar-refractivity contribution in [2.24, 2.45) is 0 Å². The van der Waals surface area contributed by atoms with E-state index in [1.165, 1.54) is 0 Å². The van der Waals surface area contributed by atoms with E-state index in [9.17, 15) is 9.59 Å². The molecule has 0 aliphatic rings. The minimum Gasteiger partial charge on any atom is -0.480 e. The SMILES string of the molecule is O=C(O)CNC(=O)/C(=C/c1ccccc1)CS. The van der Waals surface area contributed by atoms with Crippen LogP contribution in [0.25, 0.3) is 6.08 Å². The number of carbonyl (C=O) groups excluding carboxylic acids is 1. The monoisotopic (exact) mass is 251 g/mol. The Morgan fingerprint density at radius 3 is 2.47 bits per heavy atom. The first-order valence-corrected chi connectivity index (χ1v) is 5.63. The van der Waals surface area contributed by atoms with Gasteiger partial charge in [-0.25, -0.2) is 0 Å². The number of hydrogen-bond acceptors (Lipinski definition) is 3. The first-order chi connectivity index (χ1) is 8.13. The lowest BCUT2D eigenvalue weighted by atomic mass is 10.1. The molecule has 1 amide bonds. The molecular formula is C12H13NO3S. The number of hydrogen-bond donors (Lipinski definition) is 3. The number of thiol groups is 1. The van der Waals surface area contributed by atoms with Crippen molar-refractivity contribution in [2.45, 2.75) is 0 Å². The molecule has 90 valence electrons. The molecule has 0 heterocycles. The Labute approximate surface area is 105 Å². The fourth-order valence-electron chi connectivity index (χ4n) is 1.20. The summed E-state index contributed by atoms with van der Waals surface area (Å²) >= 11 is 4.05. The van der Waals surface area contributed by atoms with Crippen molar-refractivity contribution in [2.75, 3.05) is 12.3 Å². The Morgan fingerprint density at radius 1 is 1.29 bits per heavy atom. The van der Waals surface area contributed by atoms with Crippen LogP contribution in [0.5, 0.6) is 0 Å².